The van der Waals surface area contributed by atoms with Crippen LogP contribution in [0.25, 0.3) is 11.1 Å². The van der Waals surface area contributed by atoms with Gasteiger partial charge in [0.25, 0.3) is 0 Å². The van der Waals surface area contributed by atoms with Crippen LogP contribution in [0.3, 0.4) is 0 Å². The quantitative estimate of drug-likeness (QED) is 0.853. The van der Waals surface area contributed by atoms with Crippen molar-refractivity contribution in [2.45, 2.75) is 6.42 Å². The van der Waals surface area contributed by atoms with Crippen LogP contribution in [0.4, 0.5) is 0 Å². The Morgan fingerprint density at radius 3 is 2.56 bits per heavy atom. The summed E-state index contributed by atoms with van der Waals surface area (Å²) in [5.41, 5.74) is 7.42. The number of allylic oxidation sites excluding steroid dienone is 2. The van der Waals surface area contributed by atoms with E-state index in [2.05, 4.69) is 52.1 Å². The van der Waals surface area contributed by atoms with Gasteiger partial charge in [-0.3, -0.25) is 0 Å². The van der Waals surface area contributed by atoms with E-state index in [0.29, 0.717) is 0 Å². The molecule has 0 aromatic heterocycles. The number of hydrogen-bond donors (Lipinski definition) is 1. The highest BCUT2D eigenvalue weighted by atomic mass is 15.5. The van der Waals surface area contributed by atoms with Crippen LogP contribution in [0.15, 0.2) is 64.8 Å². The maximum absolute atomic E-state index is 4.18. The lowest BCUT2D eigenvalue weighted by atomic mass is 10.1. The molecule has 0 aromatic carbocycles. The minimum Gasteiger partial charge on any atom is -0.198 e. The first-order valence-electron chi connectivity index (χ1n) is 5.91. The minimum absolute atomic E-state index is 0.811. The van der Waals surface area contributed by atoms with Gasteiger partial charge in [0.1, 0.15) is 0 Å². The van der Waals surface area contributed by atoms with Gasteiger partial charge in [-0.15, -0.1) is 0 Å². The molecule has 0 aromatic rings. The maximum atomic E-state index is 4.18. The van der Waals surface area contributed by atoms with Crippen LogP contribution in [-0.2, 0) is 6.42 Å². The molecule has 0 saturated carbocycles. The second-order valence-electron chi connectivity index (χ2n) is 4.20. The third kappa shape index (κ3) is 2.30. The zero-order valence-corrected chi connectivity index (χ0v) is 9.88. The highest BCUT2D eigenvalue weighted by molar-refractivity contribution is 5.99. The van der Waals surface area contributed by atoms with Crippen LogP contribution in [0.5, 0.6) is 0 Å². The lowest BCUT2D eigenvalue weighted by Gasteiger charge is -1.96. The standard InChI is InChI=1S/C15H13N3/c1-2-5-13-9-12(10-14(13)6-3-1)11-15-7-4-8-16-18-17-15/h1-10,18H,11H2. The van der Waals surface area contributed by atoms with Gasteiger partial charge in [-0.2, -0.15) is 15.7 Å². The van der Waals surface area contributed by atoms with Crippen molar-refractivity contribution in [3.63, 3.8) is 0 Å². The van der Waals surface area contributed by atoms with Gasteiger partial charge in [0.2, 0.25) is 0 Å². The Kier molecular flexibility index (Phi) is 2.88. The Morgan fingerprint density at radius 2 is 1.78 bits per heavy atom. The van der Waals surface area contributed by atoms with E-state index in [9.17, 15) is 0 Å². The average molecular weight is 235 g/mol. The second kappa shape index (κ2) is 4.84. The molecule has 0 fully saturated rings. The van der Waals surface area contributed by atoms with Gasteiger partial charge < -0.3 is 0 Å². The smallest absolute Gasteiger partial charge is 0.0668 e. The van der Waals surface area contributed by atoms with E-state index in [0.717, 1.165) is 12.1 Å². The molecular formula is C15H13N3. The van der Waals surface area contributed by atoms with Crippen LogP contribution in [0.2, 0.25) is 0 Å². The van der Waals surface area contributed by atoms with Crippen LogP contribution >= 0.6 is 0 Å². The summed E-state index contributed by atoms with van der Waals surface area (Å²) in [5, 5.41) is 8.05. The number of hydrogen-bond acceptors (Lipinski definition) is 3. The lowest BCUT2D eigenvalue weighted by molar-refractivity contribution is 0.813. The van der Waals surface area contributed by atoms with E-state index >= 15 is 0 Å². The molecule has 88 valence electrons. The lowest BCUT2D eigenvalue weighted by Crippen LogP contribution is -2.03. The molecule has 1 N–H and O–H groups in total. The molecule has 0 saturated heterocycles. The Balaban J connectivity index is 1.88. The van der Waals surface area contributed by atoms with Crippen molar-refractivity contribution in [3.05, 3.63) is 60.2 Å². The molecule has 1 heterocycles. The number of fused-ring (bicyclic) bond motifs is 1. The predicted molar refractivity (Wildman–Crippen MR) is 75.0 cm³/mol. The first kappa shape index (κ1) is 10.7. The monoisotopic (exact) mass is 235 g/mol. The molecular weight excluding hydrogens is 222 g/mol. The summed E-state index contributed by atoms with van der Waals surface area (Å²) in [6, 6.07) is 14.8. The third-order valence-corrected chi connectivity index (χ3v) is 2.87. The zero-order chi connectivity index (χ0) is 12.2. The average Bonchev–Trinajstić information content (AvgIpc) is 2.60. The SMILES string of the molecule is C1=CC(Cc2cc3cccccc-3c2)=NNN=C1. The van der Waals surface area contributed by atoms with Crippen molar-refractivity contribution in [2.75, 3.05) is 0 Å². The van der Waals surface area contributed by atoms with Gasteiger partial charge in [-0.05, 0) is 28.8 Å². The van der Waals surface area contributed by atoms with Gasteiger partial charge in [-0.25, -0.2) is 0 Å². The number of rotatable bonds is 2. The molecule has 3 rings (SSSR count). The molecule has 3 aliphatic rings. The molecule has 0 amide bonds. The van der Waals surface area contributed by atoms with Gasteiger partial charge in [0, 0.05) is 12.6 Å². The first-order valence-corrected chi connectivity index (χ1v) is 5.91. The van der Waals surface area contributed by atoms with Crippen molar-refractivity contribution < 1.29 is 0 Å². The number of hydrazone groups is 2. The molecule has 0 bridgehead atoms. The van der Waals surface area contributed by atoms with E-state index in [1.54, 1.807) is 6.21 Å². The van der Waals surface area contributed by atoms with E-state index in [4.69, 9.17) is 0 Å². The Morgan fingerprint density at radius 1 is 1.00 bits per heavy atom. The summed E-state index contributed by atoms with van der Waals surface area (Å²) in [4.78, 5) is 0. The summed E-state index contributed by atoms with van der Waals surface area (Å²) < 4.78 is 0. The van der Waals surface area contributed by atoms with Gasteiger partial charge in [0.05, 0.1) is 5.71 Å². The Labute approximate surface area is 106 Å². The highest BCUT2D eigenvalue weighted by Crippen LogP contribution is 2.25. The van der Waals surface area contributed by atoms with Gasteiger partial charge >= 0.3 is 0 Å². The van der Waals surface area contributed by atoms with Crippen molar-refractivity contribution in [1.82, 2.24) is 5.53 Å². The summed E-state index contributed by atoms with van der Waals surface area (Å²) in [5.74, 6) is 0. The Bertz CT molecular complexity index is 580. The van der Waals surface area contributed by atoms with Crippen molar-refractivity contribution in [3.8, 4) is 11.1 Å². The normalized spacial score (nSPS) is 14.1. The van der Waals surface area contributed by atoms with E-state index in [-0.39, 0.29) is 0 Å². The molecule has 3 nitrogen and oxygen atoms in total. The molecule has 0 unspecified atom stereocenters. The fraction of sp³-hybridized carbons (Fsp3) is 0.0667. The van der Waals surface area contributed by atoms with Crippen molar-refractivity contribution in [2.24, 2.45) is 10.2 Å². The molecule has 18 heavy (non-hydrogen) atoms. The predicted octanol–water partition coefficient (Wildman–Crippen LogP) is 2.84. The molecule has 0 atom stereocenters. The second-order valence-corrected chi connectivity index (χ2v) is 4.20. The third-order valence-electron chi connectivity index (χ3n) is 2.87. The van der Waals surface area contributed by atoms with Crippen LogP contribution in [0.1, 0.15) is 5.56 Å². The van der Waals surface area contributed by atoms with Gasteiger partial charge in [-0.1, -0.05) is 42.5 Å². The summed E-state index contributed by atoms with van der Waals surface area (Å²) in [6.45, 7) is 0. The topological polar surface area (TPSA) is 36.8 Å². The summed E-state index contributed by atoms with van der Waals surface area (Å²) in [7, 11) is 0. The molecule has 1 aliphatic heterocycles. The largest absolute Gasteiger partial charge is 0.198 e. The fourth-order valence-electron chi connectivity index (χ4n) is 2.05. The van der Waals surface area contributed by atoms with Crippen LogP contribution in [0, 0.1) is 0 Å². The maximum Gasteiger partial charge on any atom is 0.0668 e. The van der Waals surface area contributed by atoms with E-state index < -0.39 is 0 Å². The van der Waals surface area contributed by atoms with Crippen molar-refractivity contribution >= 4 is 11.9 Å². The molecule has 0 spiro atoms. The van der Waals surface area contributed by atoms with Crippen LogP contribution in [-0.4, -0.2) is 11.9 Å². The van der Waals surface area contributed by atoms with E-state index in [1.165, 1.54) is 16.7 Å². The summed E-state index contributed by atoms with van der Waals surface area (Å²) >= 11 is 0. The van der Waals surface area contributed by atoms with Crippen molar-refractivity contribution in [1.29, 1.82) is 0 Å². The fourth-order valence-corrected chi connectivity index (χ4v) is 2.05. The number of nitrogens with zero attached hydrogens (tertiary/aromatic N) is 2. The minimum atomic E-state index is 0.811. The Hall–Kier alpha value is -2.42. The molecule has 2 aliphatic carbocycles. The van der Waals surface area contributed by atoms with Gasteiger partial charge in [0.15, 0.2) is 0 Å². The zero-order valence-electron chi connectivity index (χ0n) is 9.88. The molecule has 0 radical (unpaired) electrons. The molecule has 3 heteroatoms. The highest BCUT2D eigenvalue weighted by Gasteiger charge is 2.06. The summed E-state index contributed by atoms with van der Waals surface area (Å²) in [6.07, 6.45) is 6.37. The number of nitrogens with one attached hydrogen (secondary N) is 1. The first-order chi connectivity index (χ1) is 8.92. The van der Waals surface area contributed by atoms with Crippen LogP contribution < -0.4 is 5.53 Å². The van der Waals surface area contributed by atoms with E-state index in [1.807, 2.05) is 18.2 Å².